The lowest BCUT2D eigenvalue weighted by atomic mass is 9.93. The van der Waals surface area contributed by atoms with Gasteiger partial charge in [0.1, 0.15) is 6.04 Å². The lowest BCUT2D eigenvalue weighted by Gasteiger charge is -2.34. The molecule has 2 aliphatic rings. The van der Waals surface area contributed by atoms with Gasteiger partial charge in [0, 0.05) is 19.7 Å². The summed E-state index contributed by atoms with van der Waals surface area (Å²) < 4.78 is 0. The van der Waals surface area contributed by atoms with Crippen molar-refractivity contribution >= 4 is 23.8 Å². The maximum Gasteiger partial charge on any atom is 0.240 e. The zero-order valence-electron chi connectivity index (χ0n) is 13.6. The Kier molecular flexibility index (Phi) is 4.38. The molecule has 0 bridgehead atoms. The van der Waals surface area contributed by atoms with E-state index in [4.69, 9.17) is 5.73 Å². The Morgan fingerprint density at radius 3 is 2.71 bits per heavy atom. The van der Waals surface area contributed by atoms with Crippen LogP contribution in [0, 0.1) is 0 Å². The molecule has 0 unspecified atom stereocenters. The van der Waals surface area contributed by atoms with Gasteiger partial charge in [-0.15, -0.1) is 0 Å². The van der Waals surface area contributed by atoms with Crippen molar-refractivity contribution in [1.29, 1.82) is 0 Å². The fourth-order valence-corrected chi connectivity index (χ4v) is 3.56. The third kappa shape index (κ3) is 2.91. The average Bonchev–Trinajstić information content (AvgIpc) is 3.04. The monoisotopic (exact) mass is 327 g/mol. The molecule has 0 aliphatic carbocycles. The molecule has 24 heavy (non-hydrogen) atoms. The van der Waals surface area contributed by atoms with Gasteiger partial charge in [0.25, 0.3) is 0 Å². The molecule has 0 radical (unpaired) electrons. The van der Waals surface area contributed by atoms with Gasteiger partial charge >= 0.3 is 0 Å². The van der Waals surface area contributed by atoms with Crippen molar-refractivity contribution in [2.24, 2.45) is 5.73 Å². The maximum atomic E-state index is 12.8. The molecule has 1 fully saturated rings. The van der Waals surface area contributed by atoms with Crippen LogP contribution < -0.4 is 5.73 Å². The number of nitrogens with zero attached hydrogens (tertiary/aromatic N) is 2. The number of primary amides is 1. The number of amides is 3. The minimum Gasteiger partial charge on any atom is -0.368 e. The van der Waals surface area contributed by atoms with E-state index in [1.807, 2.05) is 30.3 Å². The molecule has 1 saturated heterocycles. The highest BCUT2D eigenvalue weighted by molar-refractivity contribution is 5.88. The second-order valence-corrected chi connectivity index (χ2v) is 6.24. The van der Waals surface area contributed by atoms with Crippen molar-refractivity contribution in [3.8, 4) is 0 Å². The van der Waals surface area contributed by atoms with Crippen LogP contribution in [0.25, 0.3) is 6.08 Å². The second-order valence-electron chi connectivity index (χ2n) is 6.24. The van der Waals surface area contributed by atoms with E-state index in [9.17, 15) is 14.4 Å². The summed E-state index contributed by atoms with van der Waals surface area (Å²) in [5.41, 5.74) is 7.35. The van der Waals surface area contributed by atoms with E-state index in [0.29, 0.717) is 13.0 Å². The molecule has 0 saturated carbocycles. The highest BCUT2D eigenvalue weighted by Gasteiger charge is 2.36. The Bertz CT molecular complexity index is 713. The van der Waals surface area contributed by atoms with Gasteiger partial charge in [0.15, 0.2) is 0 Å². The Morgan fingerprint density at radius 2 is 2.00 bits per heavy atom. The number of hydrogen-bond donors (Lipinski definition) is 1. The van der Waals surface area contributed by atoms with Crippen LogP contribution in [0.1, 0.15) is 43.4 Å². The van der Waals surface area contributed by atoms with Crippen LogP contribution in [0.2, 0.25) is 0 Å². The topological polar surface area (TPSA) is 83.7 Å². The fourth-order valence-electron chi connectivity index (χ4n) is 3.56. The van der Waals surface area contributed by atoms with Crippen LogP contribution in [0.5, 0.6) is 0 Å². The molecule has 126 valence electrons. The molecule has 2 aliphatic heterocycles. The SMILES string of the molecule is CC(=O)N1C=Cc2ccccc2[C@@H]1CC(=O)N1CCC[C@H]1C(N)=O. The van der Waals surface area contributed by atoms with Crippen LogP contribution in [-0.2, 0) is 14.4 Å². The standard InChI is InChI=1S/C18H21N3O3/c1-12(22)20-10-8-13-5-2-3-6-14(13)16(20)11-17(23)21-9-4-7-15(21)18(19)24/h2-3,5-6,8,10,15-16H,4,7,9,11H2,1H3,(H2,19,24)/t15-,16-/m0/s1. The number of carbonyl (C=O) groups is 3. The summed E-state index contributed by atoms with van der Waals surface area (Å²) in [6, 6.07) is 6.83. The van der Waals surface area contributed by atoms with E-state index in [2.05, 4.69) is 0 Å². The molecule has 2 atom stereocenters. The van der Waals surface area contributed by atoms with Crippen molar-refractivity contribution in [2.75, 3.05) is 6.54 Å². The fraction of sp³-hybridized carbons (Fsp3) is 0.389. The van der Waals surface area contributed by atoms with E-state index in [0.717, 1.165) is 17.5 Å². The minimum absolute atomic E-state index is 0.119. The van der Waals surface area contributed by atoms with Gasteiger partial charge in [-0.2, -0.15) is 0 Å². The molecule has 1 aromatic rings. The summed E-state index contributed by atoms with van der Waals surface area (Å²) in [7, 11) is 0. The van der Waals surface area contributed by atoms with Gasteiger partial charge in [0.05, 0.1) is 12.5 Å². The van der Waals surface area contributed by atoms with Crippen molar-refractivity contribution in [3.63, 3.8) is 0 Å². The quantitative estimate of drug-likeness (QED) is 0.911. The molecule has 3 rings (SSSR count). The van der Waals surface area contributed by atoms with Gasteiger partial charge in [0.2, 0.25) is 17.7 Å². The largest absolute Gasteiger partial charge is 0.368 e. The molecule has 6 nitrogen and oxygen atoms in total. The van der Waals surface area contributed by atoms with Crippen molar-refractivity contribution in [1.82, 2.24) is 9.80 Å². The highest BCUT2D eigenvalue weighted by atomic mass is 16.2. The summed E-state index contributed by atoms with van der Waals surface area (Å²) >= 11 is 0. The van der Waals surface area contributed by atoms with Gasteiger partial charge < -0.3 is 15.5 Å². The number of nitrogens with two attached hydrogens (primary N) is 1. The molecule has 1 aromatic carbocycles. The van der Waals surface area contributed by atoms with Crippen LogP contribution in [0.3, 0.4) is 0 Å². The van der Waals surface area contributed by atoms with Crippen molar-refractivity contribution in [2.45, 2.75) is 38.3 Å². The summed E-state index contributed by atoms with van der Waals surface area (Å²) in [5, 5.41) is 0. The third-order valence-corrected chi connectivity index (χ3v) is 4.74. The van der Waals surface area contributed by atoms with E-state index in [1.165, 1.54) is 6.92 Å². The van der Waals surface area contributed by atoms with Gasteiger partial charge in [-0.05, 0) is 30.0 Å². The molecular formula is C18H21N3O3. The van der Waals surface area contributed by atoms with E-state index >= 15 is 0 Å². The van der Waals surface area contributed by atoms with E-state index in [-0.39, 0.29) is 24.3 Å². The molecular weight excluding hydrogens is 306 g/mol. The summed E-state index contributed by atoms with van der Waals surface area (Å²) in [4.78, 5) is 39.4. The lowest BCUT2D eigenvalue weighted by molar-refractivity contribution is -0.139. The molecule has 0 spiro atoms. The average molecular weight is 327 g/mol. The van der Waals surface area contributed by atoms with Gasteiger partial charge in [-0.3, -0.25) is 14.4 Å². The first-order chi connectivity index (χ1) is 11.5. The smallest absolute Gasteiger partial charge is 0.240 e. The zero-order valence-corrected chi connectivity index (χ0v) is 13.6. The Balaban J connectivity index is 1.86. The van der Waals surface area contributed by atoms with Crippen LogP contribution in [-0.4, -0.2) is 40.1 Å². The van der Waals surface area contributed by atoms with Crippen LogP contribution in [0.15, 0.2) is 30.5 Å². The molecule has 0 aromatic heterocycles. The number of hydrogen-bond acceptors (Lipinski definition) is 3. The predicted molar refractivity (Wildman–Crippen MR) is 89.3 cm³/mol. The third-order valence-electron chi connectivity index (χ3n) is 4.74. The second kappa shape index (κ2) is 6.47. The number of carbonyl (C=O) groups excluding carboxylic acids is 3. The lowest BCUT2D eigenvalue weighted by Crippen LogP contribution is -2.45. The molecule has 2 N–H and O–H groups in total. The number of benzene rings is 1. The number of likely N-dealkylation sites (tertiary alicyclic amines) is 1. The number of fused-ring (bicyclic) bond motifs is 1. The maximum absolute atomic E-state index is 12.8. The number of rotatable bonds is 3. The molecule has 3 amide bonds. The molecule has 6 heteroatoms. The first-order valence-corrected chi connectivity index (χ1v) is 8.14. The van der Waals surface area contributed by atoms with Gasteiger partial charge in [-0.1, -0.05) is 24.3 Å². The summed E-state index contributed by atoms with van der Waals surface area (Å²) in [6.45, 7) is 2.02. The zero-order chi connectivity index (χ0) is 17.3. The Labute approximate surface area is 140 Å². The highest BCUT2D eigenvalue weighted by Crippen LogP contribution is 2.34. The first kappa shape index (κ1) is 16.2. The predicted octanol–water partition coefficient (Wildman–Crippen LogP) is 1.43. The Morgan fingerprint density at radius 1 is 1.25 bits per heavy atom. The first-order valence-electron chi connectivity index (χ1n) is 8.14. The normalized spacial score (nSPS) is 22.4. The van der Waals surface area contributed by atoms with Gasteiger partial charge in [-0.25, -0.2) is 0 Å². The minimum atomic E-state index is -0.530. The molecule has 2 heterocycles. The van der Waals surface area contributed by atoms with E-state index in [1.54, 1.807) is 16.0 Å². The Hall–Kier alpha value is -2.63. The summed E-state index contributed by atoms with van der Waals surface area (Å²) in [5.74, 6) is -0.725. The van der Waals surface area contributed by atoms with Crippen molar-refractivity contribution < 1.29 is 14.4 Å². The van der Waals surface area contributed by atoms with Crippen molar-refractivity contribution in [3.05, 3.63) is 41.6 Å². The summed E-state index contributed by atoms with van der Waals surface area (Å²) in [6.07, 6.45) is 5.12. The van der Waals surface area contributed by atoms with Crippen LogP contribution >= 0.6 is 0 Å². The van der Waals surface area contributed by atoms with E-state index < -0.39 is 11.9 Å². The van der Waals surface area contributed by atoms with Crippen LogP contribution in [0.4, 0.5) is 0 Å².